The van der Waals surface area contributed by atoms with E-state index in [4.69, 9.17) is 15.4 Å². The van der Waals surface area contributed by atoms with Crippen molar-refractivity contribution in [1.29, 1.82) is 0 Å². The summed E-state index contributed by atoms with van der Waals surface area (Å²) in [4.78, 5) is 13.4. The van der Waals surface area contributed by atoms with E-state index in [9.17, 15) is 13.2 Å². The smallest absolute Gasteiger partial charge is 0.410 e. The summed E-state index contributed by atoms with van der Waals surface area (Å²) in [5.74, 6) is -0.186. The largest absolute Gasteiger partial charge is 0.444 e. The fourth-order valence-electron chi connectivity index (χ4n) is 2.03. The lowest BCUT2D eigenvalue weighted by molar-refractivity contribution is 0.0178. The van der Waals surface area contributed by atoms with Crippen LogP contribution in [0.4, 0.5) is 4.79 Å². The standard InChI is InChI=1S/C11H20ClNO4S/c1-8-7-13(10(14)17-11(2,3)4)6-5-9(8)18(12,15)16/h8-9H,5-7H2,1-4H3. The molecule has 2 unspecified atom stereocenters. The number of carbonyl (C=O) groups excluding carboxylic acids is 1. The van der Waals surface area contributed by atoms with Crippen molar-refractivity contribution in [3.63, 3.8) is 0 Å². The molecule has 0 spiro atoms. The summed E-state index contributed by atoms with van der Waals surface area (Å²) in [6.07, 6.45) is -0.0496. The zero-order chi connectivity index (χ0) is 14.1. The van der Waals surface area contributed by atoms with Crippen molar-refractivity contribution in [3.8, 4) is 0 Å². The average Bonchev–Trinajstić information content (AvgIpc) is 2.12. The van der Waals surface area contributed by atoms with Crippen molar-refractivity contribution in [2.45, 2.75) is 45.0 Å². The third kappa shape index (κ3) is 4.31. The molecule has 1 aliphatic rings. The second-order valence-corrected chi connectivity index (χ2v) is 8.55. The third-order valence-electron chi connectivity index (χ3n) is 2.84. The molecule has 0 N–H and O–H groups in total. The van der Waals surface area contributed by atoms with Crippen molar-refractivity contribution in [2.75, 3.05) is 13.1 Å². The van der Waals surface area contributed by atoms with Crippen molar-refractivity contribution >= 4 is 25.8 Å². The molecule has 2 atom stereocenters. The minimum absolute atomic E-state index is 0.186. The SMILES string of the molecule is CC1CN(C(=O)OC(C)(C)C)CCC1S(=O)(=O)Cl. The van der Waals surface area contributed by atoms with E-state index in [2.05, 4.69) is 0 Å². The van der Waals surface area contributed by atoms with E-state index in [1.165, 1.54) is 4.90 Å². The summed E-state index contributed by atoms with van der Waals surface area (Å²) < 4.78 is 27.9. The summed E-state index contributed by atoms with van der Waals surface area (Å²) >= 11 is 0. The van der Waals surface area contributed by atoms with Crippen LogP contribution in [0.1, 0.15) is 34.1 Å². The first-order valence-corrected chi connectivity index (χ1v) is 8.29. The van der Waals surface area contributed by atoms with Gasteiger partial charge >= 0.3 is 6.09 Å². The second-order valence-electron chi connectivity index (χ2n) is 5.71. The Bertz CT molecular complexity index is 415. The highest BCUT2D eigenvalue weighted by molar-refractivity contribution is 8.14. The minimum atomic E-state index is -3.57. The summed E-state index contributed by atoms with van der Waals surface area (Å²) in [6.45, 7) is 7.88. The van der Waals surface area contributed by atoms with Crippen molar-refractivity contribution in [1.82, 2.24) is 4.90 Å². The van der Waals surface area contributed by atoms with Crippen LogP contribution in [0, 0.1) is 5.92 Å². The maximum Gasteiger partial charge on any atom is 0.410 e. The molecule has 1 fully saturated rings. The highest BCUT2D eigenvalue weighted by Crippen LogP contribution is 2.26. The summed E-state index contributed by atoms with van der Waals surface area (Å²) in [5.41, 5.74) is -0.546. The number of nitrogens with zero attached hydrogens (tertiary/aromatic N) is 1. The minimum Gasteiger partial charge on any atom is -0.444 e. The van der Waals surface area contributed by atoms with Crippen LogP contribution < -0.4 is 0 Å². The predicted octanol–water partition coefficient (Wildman–Crippen LogP) is 2.20. The molecule has 7 heteroatoms. The Balaban J connectivity index is 2.64. The van der Waals surface area contributed by atoms with Crippen molar-refractivity contribution in [3.05, 3.63) is 0 Å². The van der Waals surface area contributed by atoms with Gasteiger partial charge in [0.05, 0.1) is 5.25 Å². The lowest BCUT2D eigenvalue weighted by Crippen LogP contribution is -2.48. The molecular formula is C11H20ClNO4S. The first kappa shape index (κ1) is 15.6. The van der Waals surface area contributed by atoms with E-state index in [0.717, 1.165) is 0 Å². The van der Waals surface area contributed by atoms with E-state index >= 15 is 0 Å². The van der Waals surface area contributed by atoms with Gasteiger partial charge in [-0.25, -0.2) is 13.2 Å². The molecule has 0 radical (unpaired) electrons. The molecule has 106 valence electrons. The van der Waals surface area contributed by atoms with Gasteiger partial charge in [-0.15, -0.1) is 0 Å². The third-order valence-corrected chi connectivity index (χ3v) is 4.95. The van der Waals surface area contributed by atoms with Gasteiger partial charge in [0.1, 0.15) is 5.60 Å². The van der Waals surface area contributed by atoms with Gasteiger partial charge < -0.3 is 9.64 Å². The molecule has 0 aromatic carbocycles. The highest BCUT2D eigenvalue weighted by Gasteiger charge is 2.37. The number of hydrogen-bond acceptors (Lipinski definition) is 4. The van der Waals surface area contributed by atoms with Crippen LogP contribution in [0.3, 0.4) is 0 Å². The first-order chi connectivity index (χ1) is 8.00. The van der Waals surface area contributed by atoms with E-state index in [1.54, 1.807) is 27.7 Å². The quantitative estimate of drug-likeness (QED) is 0.696. The molecule has 1 aliphatic heterocycles. The Morgan fingerprint density at radius 2 is 1.94 bits per heavy atom. The second kappa shape index (κ2) is 5.25. The molecule has 0 aromatic heterocycles. The number of rotatable bonds is 1. The fourth-order valence-corrected chi connectivity index (χ4v) is 3.86. The molecule has 0 bridgehead atoms. The zero-order valence-corrected chi connectivity index (χ0v) is 12.7. The summed E-state index contributed by atoms with van der Waals surface area (Å²) in [5, 5.41) is -0.585. The molecule has 0 saturated carbocycles. The fraction of sp³-hybridized carbons (Fsp3) is 0.909. The number of likely N-dealkylation sites (tertiary alicyclic amines) is 1. The number of piperidine rings is 1. The van der Waals surface area contributed by atoms with E-state index < -0.39 is 26.0 Å². The van der Waals surface area contributed by atoms with Crippen LogP contribution in [0.5, 0.6) is 0 Å². The van der Waals surface area contributed by atoms with Gasteiger partial charge in [-0.2, -0.15) is 0 Å². The molecule has 18 heavy (non-hydrogen) atoms. The normalized spacial score (nSPS) is 25.9. The average molecular weight is 298 g/mol. The van der Waals surface area contributed by atoms with E-state index in [1.807, 2.05) is 0 Å². The van der Waals surface area contributed by atoms with Gasteiger partial charge in [0.25, 0.3) is 0 Å². The maximum absolute atomic E-state index is 11.8. The van der Waals surface area contributed by atoms with Gasteiger partial charge in [0.15, 0.2) is 0 Å². The summed E-state index contributed by atoms with van der Waals surface area (Å²) in [7, 11) is 1.81. The number of hydrogen-bond donors (Lipinski definition) is 0. The topological polar surface area (TPSA) is 63.7 Å². The van der Waals surface area contributed by atoms with Crippen LogP contribution in [-0.2, 0) is 13.8 Å². The van der Waals surface area contributed by atoms with Crippen molar-refractivity contribution in [2.24, 2.45) is 5.92 Å². The highest BCUT2D eigenvalue weighted by atomic mass is 35.7. The molecule has 0 aromatic rings. The molecule has 5 nitrogen and oxygen atoms in total. The van der Waals surface area contributed by atoms with Gasteiger partial charge in [0.2, 0.25) is 9.05 Å². The van der Waals surface area contributed by atoms with Gasteiger partial charge in [-0.3, -0.25) is 0 Å². The van der Waals surface area contributed by atoms with Gasteiger partial charge in [-0.1, -0.05) is 6.92 Å². The molecular weight excluding hydrogens is 278 g/mol. The van der Waals surface area contributed by atoms with Gasteiger partial charge in [0, 0.05) is 23.8 Å². The Morgan fingerprint density at radius 1 is 1.39 bits per heavy atom. The molecule has 1 saturated heterocycles. The predicted molar refractivity (Wildman–Crippen MR) is 70.1 cm³/mol. The molecule has 1 amide bonds. The Morgan fingerprint density at radius 3 is 2.33 bits per heavy atom. The first-order valence-electron chi connectivity index (χ1n) is 5.92. The lowest BCUT2D eigenvalue weighted by Gasteiger charge is -2.36. The maximum atomic E-state index is 11.8. The Kier molecular flexibility index (Phi) is 4.54. The van der Waals surface area contributed by atoms with Crippen LogP contribution in [-0.4, -0.2) is 43.4 Å². The zero-order valence-electron chi connectivity index (χ0n) is 11.1. The van der Waals surface area contributed by atoms with E-state index in [0.29, 0.717) is 19.5 Å². The van der Waals surface area contributed by atoms with Crippen LogP contribution in [0.25, 0.3) is 0 Å². The monoisotopic (exact) mass is 297 g/mol. The Hall–Kier alpha value is -0.490. The van der Waals surface area contributed by atoms with Crippen LogP contribution in [0.2, 0.25) is 0 Å². The molecule has 1 heterocycles. The number of carbonyl (C=O) groups is 1. The molecule has 1 rings (SSSR count). The van der Waals surface area contributed by atoms with Crippen LogP contribution >= 0.6 is 10.7 Å². The van der Waals surface area contributed by atoms with E-state index in [-0.39, 0.29) is 5.92 Å². The summed E-state index contributed by atoms with van der Waals surface area (Å²) in [6, 6.07) is 0. The molecule has 0 aliphatic carbocycles. The number of amides is 1. The number of ether oxygens (including phenoxy) is 1. The number of halogens is 1. The van der Waals surface area contributed by atoms with Crippen molar-refractivity contribution < 1.29 is 17.9 Å². The Labute approximate surface area is 113 Å². The van der Waals surface area contributed by atoms with Gasteiger partial charge in [-0.05, 0) is 33.1 Å². The van der Waals surface area contributed by atoms with Crippen LogP contribution in [0.15, 0.2) is 0 Å². The lowest BCUT2D eigenvalue weighted by atomic mass is 10.00.